The van der Waals surface area contributed by atoms with Gasteiger partial charge in [-0.05, 0) is 64.7 Å². The minimum atomic E-state index is 0.628. The van der Waals surface area contributed by atoms with Gasteiger partial charge < -0.3 is 8.83 Å². The summed E-state index contributed by atoms with van der Waals surface area (Å²) in [6.45, 7) is 0. The lowest BCUT2D eigenvalue weighted by atomic mass is 9.91. The van der Waals surface area contributed by atoms with E-state index in [0.717, 1.165) is 77.3 Å². The molecule has 8 aromatic rings. The summed E-state index contributed by atoms with van der Waals surface area (Å²) in [5.41, 5.74) is 10.2. The molecule has 0 spiro atoms. The van der Waals surface area contributed by atoms with Gasteiger partial charge in [-0.1, -0.05) is 84.9 Å². The molecule has 0 bridgehead atoms. The van der Waals surface area contributed by atoms with Crippen molar-refractivity contribution in [1.29, 1.82) is 5.26 Å². The Morgan fingerprint density at radius 2 is 0.925 bits per heavy atom. The topological polar surface area (TPSA) is 50.1 Å². The van der Waals surface area contributed by atoms with Crippen molar-refractivity contribution in [2.45, 2.75) is 0 Å². The zero-order chi connectivity index (χ0) is 26.6. The van der Waals surface area contributed by atoms with Gasteiger partial charge in [0.05, 0.1) is 11.6 Å². The molecule has 2 aromatic heterocycles. The van der Waals surface area contributed by atoms with Gasteiger partial charge in [0.25, 0.3) is 0 Å². The number of benzene rings is 6. The average Bonchev–Trinajstić information content (AvgIpc) is 3.59. The first kappa shape index (κ1) is 22.4. The van der Waals surface area contributed by atoms with Gasteiger partial charge in [-0.3, -0.25) is 0 Å². The molecule has 0 radical (unpaired) electrons. The predicted octanol–water partition coefficient (Wildman–Crippen LogP) is 10.4. The third-order valence-corrected chi connectivity index (χ3v) is 7.69. The second-order valence-electron chi connectivity index (χ2n) is 10.1. The molecule has 0 fully saturated rings. The zero-order valence-electron chi connectivity index (χ0n) is 21.4. The number of rotatable bonds is 3. The van der Waals surface area contributed by atoms with Gasteiger partial charge in [-0.2, -0.15) is 5.26 Å². The Morgan fingerprint density at radius 3 is 1.50 bits per heavy atom. The number of para-hydroxylation sites is 4. The molecule has 8 rings (SSSR count). The number of furan rings is 2. The SMILES string of the molecule is N#Cc1cccc(-c2cc(-c3cccc4c3oc3ccccc34)cc(-c3cccc4c3oc3ccccc34)c2)c1. The van der Waals surface area contributed by atoms with E-state index in [1.165, 1.54) is 0 Å². The summed E-state index contributed by atoms with van der Waals surface area (Å²) in [7, 11) is 0. The average molecular weight is 512 g/mol. The van der Waals surface area contributed by atoms with E-state index >= 15 is 0 Å². The van der Waals surface area contributed by atoms with Gasteiger partial charge in [0, 0.05) is 32.7 Å². The summed E-state index contributed by atoms with van der Waals surface area (Å²) in [5, 5.41) is 14.0. The van der Waals surface area contributed by atoms with Crippen LogP contribution in [0.4, 0.5) is 0 Å². The molecule has 0 saturated heterocycles. The fraction of sp³-hybridized carbons (Fsp3) is 0. The van der Waals surface area contributed by atoms with Crippen LogP contribution in [0.25, 0.3) is 77.3 Å². The van der Waals surface area contributed by atoms with E-state index in [0.29, 0.717) is 5.56 Å². The summed E-state index contributed by atoms with van der Waals surface area (Å²) < 4.78 is 12.8. The number of nitriles is 1. The Labute approximate surface area is 230 Å². The number of hydrogen-bond donors (Lipinski definition) is 0. The van der Waals surface area contributed by atoms with Crippen molar-refractivity contribution in [3.05, 3.63) is 133 Å². The largest absolute Gasteiger partial charge is 0.455 e. The van der Waals surface area contributed by atoms with Gasteiger partial charge in [-0.25, -0.2) is 0 Å². The monoisotopic (exact) mass is 511 g/mol. The standard InChI is InChI=1S/C37H21NO2/c38-22-23-8-5-9-24(18-23)25-19-26(28-12-6-14-32-30-10-1-3-16-34(30)39-36(28)32)21-27(20-25)29-13-7-15-33-31-11-2-4-17-35(31)40-37(29)33/h1-21H. The summed E-state index contributed by atoms with van der Waals surface area (Å²) >= 11 is 0. The molecule has 0 aliphatic carbocycles. The normalized spacial score (nSPS) is 11.5. The highest BCUT2D eigenvalue weighted by Crippen LogP contribution is 2.41. The Hall–Kier alpha value is -5.59. The summed E-state index contributed by atoms with van der Waals surface area (Å²) in [6.07, 6.45) is 0. The maximum absolute atomic E-state index is 9.57. The van der Waals surface area contributed by atoms with Crippen LogP contribution < -0.4 is 0 Å². The molecular weight excluding hydrogens is 490 g/mol. The van der Waals surface area contributed by atoms with E-state index in [9.17, 15) is 5.26 Å². The lowest BCUT2D eigenvalue weighted by molar-refractivity contribution is 0.670. The van der Waals surface area contributed by atoms with Crippen LogP contribution in [-0.4, -0.2) is 0 Å². The second kappa shape index (κ2) is 8.73. The van der Waals surface area contributed by atoms with Crippen molar-refractivity contribution in [3.8, 4) is 39.4 Å². The van der Waals surface area contributed by atoms with Crippen molar-refractivity contribution in [2.24, 2.45) is 0 Å². The Bertz CT molecular complexity index is 2160. The van der Waals surface area contributed by atoms with Crippen LogP contribution in [0.2, 0.25) is 0 Å². The quantitative estimate of drug-likeness (QED) is 0.237. The highest BCUT2D eigenvalue weighted by Gasteiger charge is 2.17. The fourth-order valence-corrected chi connectivity index (χ4v) is 5.82. The molecule has 0 amide bonds. The van der Waals surface area contributed by atoms with Crippen molar-refractivity contribution in [1.82, 2.24) is 0 Å². The van der Waals surface area contributed by atoms with Crippen molar-refractivity contribution in [3.63, 3.8) is 0 Å². The molecule has 6 aromatic carbocycles. The van der Waals surface area contributed by atoms with Gasteiger partial charge in [0.2, 0.25) is 0 Å². The highest BCUT2D eigenvalue weighted by molar-refractivity contribution is 6.11. The van der Waals surface area contributed by atoms with E-state index in [1.807, 2.05) is 60.7 Å². The predicted molar refractivity (Wildman–Crippen MR) is 162 cm³/mol. The fourth-order valence-electron chi connectivity index (χ4n) is 5.82. The Morgan fingerprint density at radius 1 is 0.425 bits per heavy atom. The van der Waals surface area contributed by atoms with Gasteiger partial charge >= 0.3 is 0 Å². The number of hydrogen-bond acceptors (Lipinski definition) is 3. The van der Waals surface area contributed by atoms with Crippen molar-refractivity contribution >= 4 is 43.9 Å². The van der Waals surface area contributed by atoms with E-state index in [1.54, 1.807) is 0 Å². The maximum Gasteiger partial charge on any atom is 0.143 e. The molecule has 0 aliphatic rings. The molecule has 0 aliphatic heterocycles. The summed E-state index contributed by atoms with van der Waals surface area (Å²) in [4.78, 5) is 0. The third kappa shape index (κ3) is 3.44. The molecule has 2 heterocycles. The van der Waals surface area contributed by atoms with Gasteiger partial charge in [-0.15, -0.1) is 0 Å². The first-order chi connectivity index (χ1) is 19.8. The summed E-state index contributed by atoms with van der Waals surface area (Å²) in [5.74, 6) is 0. The maximum atomic E-state index is 9.57. The zero-order valence-corrected chi connectivity index (χ0v) is 21.4. The van der Waals surface area contributed by atoms with Crippen molar-refractivity contribution in [2.75, 3.05) is 0 Å². The minimum absolute atomic E-state index is 0.628. The van der Waals surface area contributed by atoms with E-state index in [2.05, 4.69) is 72.8 Å². The molecule has 40 heavy (non-hydrogen) atoms. The van der Waals surface area contributed by atoms with Crippen LogP contribution in [0.15, 0.2) is 136 Å². The van der Waals surface area contributed by atoms with Crippen LogP contribution in [0.3, 0.4) is 0 Å². The second-order valence-corrected chi connectivity index (χ2v) is 10.1. The molecule has 0 atom stereocenters. The van der Waals surface area contributed by atoms with E-state index < -0.39 is 0 Å². The summed E-state index contributed by atoms with van der Waals surface area (Å²) in [6, 6.07) is 45.5. The van der Waals surface area contributed by atoms with Gasteiger partial charge in [0.15, 0.2) is 0 Å². The molecule has 3 nitrogen and oxygen atoms in total. The van der Waals surface area contributed by atoms with Crippen LogP contribution in [-0.2, 0) is 0 Å². The molecule has 0 saturated carbocycles. The van der Waals surface area contributed by atoms with Crippen LogP contribution in [0.5, 0.6) is 0 Å². The minimum Gasteiger partial charge on any atom is -0.455 e. The first-order valence-electron chi connectivity index (χ1n) is 13.2. The Kier molecular flexibility index (Phi) is 4.89. The van der Waals surface area contributed by atoms with Crippen LogP contribution in [0.1, 0.15) is 5.56 Å². The Balaban J connectivity index is 1.43. The number of nitrogens with zero attached hydrogens (tertiary/aromatic N) is 1. The van der Waals surface area contributed by atoms with Crippen LogP contribution >= 0.6 is 0 Å². The van der Waals surface area contributed by atoms with E-state index in [-0.39, 0.29) is 0 Å². The highest BCUT2D eigenvalue weighted by atomic mass is 16.3. The molecule has 0 unspecified atom stereocenters. The first-order valence-corrected chi connectivity index (χ1v) is 13.2. The van der Waals surface area contributed by atoms with Crippen LogP contribution in [0, 0.1) is 11.3 Å². The molecule has 3 heteroatoms. The third-order valence-electron chi connectivity index (χ3n) is 7.69. The van der Waals surface area contributed by atoms with Gasteiger partial charge in [0.1, 0.15) is 22.3 Å². The lowest BCUT2D eigenvalue weighted by Gasteiger charge is -2.12. The molecular formula is C37H21NO2. The smallest absolute Gasteiger partial charge is 0.143 e. The lowest BCUT2D eigenvalue weighted by Crippen LogP contribution is -1.88. The van der Waals surface area contributed by atoms with Crippen molar-refractivity contribution < 1.29 is 8.83 Å². The van der Waals surface area contributed by atoms with E-state index in [4.69, 9.17) is 8.83 Å². The molecule has 186 valence electrons. The molecule has 0 N–H and O–H groups in total. The number of fused-ring (bicyclic) bond motifs is 6.